The predicted octanol–water partition coefficient (Wildman–Crippen LogP) is 6.87. The molecule has 0 saturated heterocycles. The van der Waals surface area contributed by atoms with Gasteiger partial charge in [0.2, 0.25) is 0 Å². The minimum Gasteiger partial charge on any atom is -0.206 e. The van der Waals surface area contributed by atoms with Gasteiger partial charge in [-0.15, -0.1) is 0 Å². The molecule has 0 heterocycles. The topological polar surface area (TPSA) is 0 Å². The number of hydrogen-bond donors (Lipinski definition) is 0. The molecule has 34 heavy (non-hydrogen) atoms. The molecule has 6 rings (SSSR count). The van der Waals surface area contributed by atoms with Crippen LogP contribution in [0.15, 0.2) is 91.0 Å². The highest BCUT2D eigenvalue weighted by atomic mass is 31.2. The van der Waals surface area contributed by atoms with E-state index in [1.54, 1.807) is 6.07 Å². The van der Waals surface area contributed by atoms with Crippen molar-refractivity contribution in [2.24, 2.45) is 0 Å². The van der Waals surface area contributed by atoms with E-state index in [4.69, 9.17) is 0 Å². The average Bonchev–Trinajstić information content (AvgIpc) is 2.82. The maximum absolute atomic E-state index is 15.3. The summed E-state index contributed by atoms with van der Waals surface area (Å²) in [6, 6.07) is 24.2. The molecule has 0 aliphatic carbocycles. The molecule has 0 aliphatic heterocycles. The highest BCUT2D eigenvalue weighted by Gasteiger charge is 2.35. The van der Waals surface area contributed by atoms with E-state index in [-0.39, 0.29) is 0 Å². The van der Waals surface area contributed by atoms with Gasteiger partial charge in [-0.25, -0.2) is 17.6 Å². The van der Waals surface area contributed by atoms with Crippen molar-refractivity contribution in [2.45, 2.75) is 0 Å². The molecule has 0 bridgehead atoms. The van der Waals surface area contributed by atoms with Crippen LogP contribution >= 0.6 is 6.89 Å². The average molecular weight is 472 g/mol. The summed E-state index contributed by atoms with van der Waals surface area (Å²) in [5, 5.41) is 5.13. The molecular formula is C29H17F4P. The highest BCUT2D eigenvalue weighted by molar-refractivity contribution is 7.93. The Morgan fingerprint density at radius 2 is 0.882 bits per heavy atom. The lowest BCUT2D eigenvalue weighted by molar-refractivity contribution is 0.595. The van der Waals surface area contributed by atoms with Crippen LogP contribution in [0, 0.1) is 23.3 Å². The molecule has 0 aliphatic rings. The van der Waals surface area contributed by atoms with Crippen molar-refractivity contribution in [3.63, 3.8) is 0 Å². The van der Waals surface area contributed by atoms with Gasteiger partial charge in [0.05, 0.1) is 10.6 Å². The summed E-state index contributed by atoms with van der Waals surface area (Å²) < 4.78 is 61.1. The van der Waals surface area contributed by atoms with Crippen LogP contribution in [0.2, 0.25) is 0 Å². The molecule has 0 spiro atoms. The normalized spacial score (nSPS) is 12.2. The third-order valence-electron chi connectivity index (χ3n) is 6.56. The second-order valence-corrected chi connectivity index (χ2v) is 11.4. The van der Waals surface area contributed by atoms with E-state index >= 15 is 17.6 Å². The van der Waals surface area contributed by atoms with Gasteiger partial charge >= 0.3 is 0 Å². The first-order valence-electron chi connectivity index (χ1n) is 10.7. The maximum Gasteiger partial charge on any atom is 0.134 e. The van der Waals surface area contributed by atoms with Gasteiger partial charge in [-0.1, -0.05) is 73.0 Å². The fourth-order valence-electron chi connectivity index (χ4n) is 5.11. The highest BCUT2D eigenvalue weighted by Crippen LogP contribution is 2.48. The first-order valence-corrected chi connectivity index (χ1v) is 12.7. The maximum atomic E-state index is 15.3. The predicted molar refractivity (Wildman–Crippen MR) is 136 cm³/mol. The van der Waals surface area contributed by atoms with Crippen LogP contribution < -0.4 is 15.9 Å². The SMILES string of the molecule is C=P(c1c(F)cccc1F)(c1c(F)cccc1F)c1ccc2ccc3cccc4ccc1c2c34. The lowest BCUT2D eigenvalue weighted by Crippen LogP contribution is -2.33. The quantitative estimate of drug-likeness (QED) is 0.150. The van der Waals surface area contributed by atoms with Gasteiger partial charge in [0.25, 0.3) is 0 Å². The summed E-state index contributed by atoms with van der Waals surface area (Å²) in [4.78, 5) is 0. The number of benzene rings is 6. The van der Waals surface area contributed by atoms with Gasteiger partial charge in [0, 0.05) is 0 Å². The lowest BCUT2D eigenvalue weighted by Gasteiger charge is -2.29. The summed E-state index contributed by atoms with van der Waals surface area (Å²) >= 11 is 0. The monoisotopic (exact) mass is 472 g/mol. The second-order valence-electron chi connectivity index (χ2n) is 8.39. The Labute approximate surface area is 193 Å². The van der Waals surface area contributed by atoms with Crippen LogP contribution in [0.1, 0.15) is 0 Å². The van der Waals surface area contributed by atoms with Crippen LogP contribution in [0.25, 0.3) is 32.3 Å². The molecule has 0 saturated carbocycles. The zero-order chi connectivity index (χ0) is 23.6. The van der Waals surface area contributed by atoms with E-state index in [1.807, 2.05) is 48.5 Å². The van der Waals surface area contributed by atoms with E-state index < -0.39 is 40.8 Å². The molecule has 0 fully saturated rings. The number of halogens is 4. The molecule has 6 aromatic rings. The third-order valence-corrected chi connectivity index (χ3v) is 10.1. The summed E-state index contributed by atoms with van der Waals surface area (Å²) in [7, 11) is 0. The minimum absolute atomic E-state index is 0.394. The van der Waals surface area contributed by atoms with E-state index in [1.165, 1.54) is 12.1 Å². The Balaban J connectivity index is 1.85. The van der Waals surface area contributed by atoms with Crippen LogP contribution in [-0.4, -0.2) is 6.30 Å². The van der Waals surface area contributed by atoms with E-state index in [2.05, 4.69) is 6.30 Å². The lowest BCUT2D eigenvalue weighted by atomic mass is 9.94. The molecule has 6 aromatic carbocycles. The van der Waals surface area contributed by atoms with Gasteiger partial charge in [-0.2, -0.15) is 0 Å². The van der Waals surface area contributed by atoms with Crippen LogP contribution in [-0.2, 0) is 0 Å². The van der Waals surface area contributed by atoms with Gasteiger partial charge in [0.1, 0.15) is 23.3 Å². The Hall–Kier alpha value is -3.62. The van der Waals surface area contributed by atoms with Crippen molar-refractivity contribution >= 4 is 61.4 Å². The van der Waals surface area contributed by atoms with Crippen LogP contribution in [0.4, 0.5) is 17.6 Å². The van der Waals surface area contributed by atoms with Crippen molar-refractivity contribution < 1.29 is 17.6 Å². The molecule has 166 valence electrons. The Kier molecular flexibility index (Phi) is 4.59. The van der Waals surface area contributed by atoms with E-state index in [0.29, 0.717) is 10.7 Å². The summed E-state index contributed by atoms with van der Waals surface area (Å²) in [5.74, 6) is -3.51. The van der Waals surface area contributed by atoms with Crippen molar-refractivity contribution in [3.8, 4) is 0 Å². The number of rotatable bonds is 3. The fraction of sp³-hybridized carbons (Fsp3) is 0. The molecule has 0 radical (unpaired) electrons. The van der Waals surface area contributed by atoms with Crippen molar-refractivity contribution in [3.05, 3.63) is 114 Å². The van der Waals surface area contributed by atoms with Crippen molar-refractivity contribution in [1.82, 2.24) is 0 Å². The Bertz CT molecular complexity index is 1680. The molecule has 0 unspecified atom stereocenters. The first-order chi connectivity index (χ1) is 16.4. The molecular weight excluding hydrogens is 455 g/mol. The van der Waals surface area contributed by atoms with E-state index in [9.17, 15) is 0 Å². The summed E-state index contributed by atoms with van der Waals surface area (Å²) in [6.45, 7) is -3.69. The largest absolute Gasteiger partial charge is 0.206 e. The second kappa shape index (κ2) is 7.44. The molecule has 5 heteroatoms. The van der Waals surface area contributed by atoms with Gasteiger partial charge in [0.15, 0.2) is 0 Å². The summed E-state index contributed by atoms with van der Waals surface area (Å²) in [5.41, 5.74) is 0. The van der Waals surface area contributed by atoms with Gasteiger partial charge in [-0.3, -0.25) is 0 Å². The zero-order valence-electron chi connectivity index (χ0n) is 17.8. The van der Waals surface area contributed by atoms with Gasteiger partial charge in [-0.05, 0) is 68.8 Å². The zero-order valence-corrected chi connectivity index (χ0v) is 18.7. The third kappa shape index (κ3) is 2.79. The Morgan fingerprint density at radius 3 is 1.41 bits per heavy atom. The van der Waals surface area contributed by atoms with Gasteiger partial charge < -0.3 is 0 Å². The van der Waals surface area contributed by atoms with Crippen molar-refractivity contribution in [1.29, 1.82) is 0 Å². The number of hydrogen-bond acceptors (Lipinski definition) is 0. The van der Waals surface area contributed by atoms with Crippen LogP contribution in [0.5, 0.6) is 0 Å². The Morgan fingerprint density at radius 1 is 0.471 bits per heavy atom. The summed E-state index contributed by atoms with van der Waals surface area (Å²) in [6.07, 6.45) is 4.26. The standard InChI is InChI=1S/C29H17F4P/c1-34(28-21(30)7-3-8-22(28)31,29-23(32)9-4-10-24(29)33)25-16-14-19-12-11-17-5-2-6-18-13-15-20(25)27(19)26(17)18/h2-16H,1H2. The molecule has 0 nitrogen and oxygen atoms in total. The molecule has 0 atom stereocenters. The van der Waals surface area contributed by atoms with E-state index in [0.717, 1.165) is 51.2 Å². The minimum atomic E-state index is -3.69. The van der Waals surface area contributed by atoms with Crippen molar-refractivity contribution in [2.75, 3.05) is 0 Å². The molecule has 0 N–H and O–H groups in total. The molecule has 0 amide bonds. The molecule has 0 aromatic heterocycles. The smallest absolute Gasteiger partial charge is 0.134 e. The first kappa shape index (κ1) is 20.9. The fourth-order valence-corrected chi connectivity index (χ4v) is 8.50. The van der Waals surface area contributed by atoms with Crippen LogP contribution in [0.3, 0.4) is 0 Å².